The van der Waals surface area contributed by atoms with Gasteiger partial charge < -0.3 is 5.11 Å². The van der Waals surface area contributed by atoms with E-state index in [0.717, 1.165) is 11.0 Å². The molecule has 4 amide bonds. The maximum atomic E-state index is 14.7. The maximum Gasteiger partial charge on any atom is 0.241 e. The molecule has 52 heavy (non-hydrogen) atoms. The Bertz CT molecular complexity index is 2370. The number of allylic oxidation sites excluding steroid dienone is 2. The van der Waals surface area contributed by atoms with Crippen LogP contribution in [-0.4, -0.2) is 34.5 Å². The van der Waals surface area contributed by atoms with Crippen LogP contribution in [0.5, 0.6) is 5.75 Å². The number of aromatic hydroxyl groups is 1. The summed E-state index contributed by atoms with van der Waals surface area (Å²) in [7, 11) is 0. The predicted octanol–water partition coefficient (Wildman–Crippen LogP) is 7.21. The van der Waals surface area contributed by atoms with Gasteiger partial charge in [-0.15, -0.1) is 0 Å². The normalized spacial score (nSPS) is 26.6. The average Bonchev–Trinajstić information content (AvgIpc) is 3.55. The number of para-hydroxylation sites is 1. The van der Waals surface area contributed by atoms with Crippen LogP contribution in [0.3, 0.4) is 0 Å². The number of imide groups is 2. The molecule has 5 aromatic rings. The fraction of sp³-hybridized carbons (Fsp3) is 0.205. The molecule has 1 N–H and O–H groups in total. The number of hydrogen-bond acceptors (Lipinski definition) is 6. The highest BCUT2D eigenvalue weighted by Crippen LogP contribution is 2.64. The second-order valence-corrected chi connectivity index (χ2v) is 14.5. The molecule has 2 heterocycles. The Morgan fingerprint density at radius 1 is 0.673 bits per heavy atom. The van der Waals surface area contributed by atoms with Crippen molar-refractivity contribution >= 4 is 51.6 Å². The van der Waals surface area contributed by atoms with Gasteiger partial charge in [0.25, 0.3) is 0 Å². The third-order valence-electron chi connectivity index (χ3n) is 12.0. The van der Waals surface area contributed by atoms with Gasteiger partial charge in [0.05, 0.1) is 34.5 Å². The van der Waals surface area contributed by atoms with E-state index in [9.17, 15) is 29.1 Å². The highest BCUT2D eigenvalue weighted by Gasteiger charge is 2.68. The molecule has 0 unspecified atom stereocenters. The van der Waals surface area contributed by atoms with Gasteiger partial charge in [-0.05, 0) is 67.5 Å². The minimum atomic E-state index is -1.27. The zero-order chi connectivity index (χ0) is 35.9. The molecule has 0 spiro atoms. The monoisotopic (exact) mass is 686 g/mol. The molecule has 4 aliphatic rings. The van der Waals surface area contributed by atoms with Gasteiger partial charge in [0.1, 0.15) is 5.75 Å². The number of rotatable bonds is 5. The van der Waals surface area contributed by atoms with Crippen LogP contribution in [-0.2, 0) is 19.2 Å². The number of ketones is 1. The summed E-state index contributed by atoms with van der Waals surface area (Å²) >= 11 is 0. The van der Waals surface area contributed by atoms with Crippen molar-refractivity contribution in [2.75, 3.05) is 9.80 Å². The van der Waals surface area contributed by atoms with Crippen LogP contribution in [0.4, 0.5) is 11.4 Å². The summed E-state index contributed by atoms with van der Waals surface area (Å²) in [6, 6.07) is 35.4. The molecule has 2 aliphatic carbocycles. The molecule has 8 nitrogen and oxygen atoms in total. The molecule has 0 radical (unpaired) electrons. The highest BCUT2D eigenvalue weighted by molar-refractivity contribution is 6.25. The minimum absolute atomic E-state index is 0.0331. The first kappa shape index (κ1) is 31.8. The number of phenolic OH excluding ortho intramolecular Hbond substituents is 1. The molecule has 256 valence electrons. The summed E-state index contributed by atoms with van der Waals surface area (Å²) < 4.78 is 0. The molecule has 5 aromatic carbocycles. The minimum Gasteiger partial charge on any atom is -0.507 e. The van der Waals surface area contributed by atoms with Gasteiger partial charge in [0.15, 0.2) is 5.78 Å². The standard InChI is InChI=1S/C44H34N2O6/c1-44-35(41(50)46(43(44)52)28-13-6-3-7-14-28)24-34-31(37(44)33-21-18-25-10-8-9-15-30(25)39(33)48)22-23-32-36(34)42(51)45(40(32)49)29-19-16-27(17-20-29)38(47)26-11-4-2-5-12-26/h2-22,32,34-37,48H,23-24H2,1H3/t32-,34+,35-,36-,37+,44+/m0/s1. The molecule has 6 atom stereocenters. The Kier molecular flexibility index (Phi) is 7.16. The Labute approximate surface area is 300 Å². The summed E-state index contributed by atoms with van der Waals surface area (Å²) in [5.41, 5.74) is 1.87. The first-order chi connectivity index (χ1) is 25.2. The number of amides is 4. The largest absolute Gasteiger partial charge is 0.507 e. The Morgan fingerprint density at radius 3 is 2.04 bits per heavy atom. The van der Waals surface area contributed by atoms with Crippen molar-refractivity contribution in [2.24, 2.45) is 29.1 Å². The quantitative estimate of drug-likeness (QED) is 0.119. The third kappa shape index (κ3) is 4.43. The summed E-state index contributed by atoms with van der Waals surface area (Å²) in [4.78, 5) is 73.3. The van der Waals surface area contributed by atoms with Gasteiger partial charge in [-0.3, -0.25) is 28.9 Å². The van der Waals surface area contributed by atoms with E-state index in [-0.39, 0.29) is 48.0 Å². The first-order valence-corrected chi connectivity index (χ1v) is 17.6. The second-order valence-electron chi connectivity index (χ2n) is 14.5. The van der Waals surface area contributed by atoms with Crippen molar-refractivity contribution in [3.63, 3.8) is 0 Å². The van der Waals surface area contributed by atoms with Crippen LogP contribution in [0.25, 0.3) is 10.8 Å². The number of nitrogens with zero attached hydrogens (tertiary/aromatic N) is 2. The van der Waals surface area contributed by atoms with Crippen molar-refractivity contribution < 1.29 is 29.1 Å². The molecule has 2 aliphatic heterocycles. The van der Waals surface area contributed by atoms with E-state index in [1.165, 1.54) is 9.80 Å². The molecule has 3 fully saturated rings. The predicted molar refractivity (Wildman–Crippen MR) is 195 cm³/mol. The third-order valence-corrected chi connectivity index (χ3v) is 12.0. The van der Waals surface area contributed by atoms with Crippen molar-refractivity contribution in [1.29, 1.82) is 0 Å². The van der Waals surface area contributed by atoms with Crippen molar-refractivity contribution in [3.05, 3.63) is 150 Å². The SMILES string of the molecule is C[C@@]12C(=O)N(c3ccccc3)C(=O)[C@@H]1C[C@@H]1C(=CC[C@@H]3C(=O)N(c4ccc(C(=O)c5ccccc5)cc4)C(=O)[C@@H]31)[C@@H]2c1ccc2ccccc2c1O. The number of carbonyl (C=O) groups is 5. The van der Waals surface area contributed by atoms with E-state index < -0.39 is 35.0 Å². The molecular weight excluding hydrogens is 652 g/mol. The van der Waals surface area contributed by atoms with E-state index in [2.05, 4.69) is 0 Å². The molecule has 8 heteroatoms. The molecule has 0 bridgehead atoms. The van der Waals surface area contributed by atoms with Crippen LogP contribution < -0.4 is 9.80 Å². The van der Waals surface area contributed by atoms with Crippen LogP contribution in [0, 0.1) is 29.1 Å². The number of hydrogen-bond donors (Lipinski definition) is 1. The number of fused-ring (bicyclic) bond motifs is 5. The van der Waals surface area contributed by atoms with Crippen molar-refractivity contribution in [1.82, 2.24) is 0 Å². The molecule has 1 saturated carbocycles. The summed E-state index contributed by atoms with van der Waals surface area (Å²) in [6.07, 6.45) is 2.46. The Hall–Kier alpha value is -6.15. The van der Waals surface area contributed by atoms with E-state index in [4.69, 9.17) is 0 Å². The Balaban J connectivity index is 1.13. The molecule has 9 rings (SSSR count). The second kappa shape index (κ2) is 11.7. The molecule has 0 aromatic heterocycles. The van der Waals surface area contributed by atoms with Crippen LogP contribution in [0.2, 0.25) is 0 Å². The smallest absolute Gasteiger partial charge is 0.241 e. The zero-order valence-corrected chi connectivity index (χ0v) is 28.3. The zero-order valence-electron chi connectivity index (χ0n) is 28.3. The number of benzene rings is 5. The Morgan fingerprint density at radius 2 is 1.31 bits per heavy atom. The fourth-order valence-electron chi connectivity index (χ4n) is 9.46. The number of anilines is 2. The van der Waals surface area contributed by atoms with Gasteiger partial charge >= 0.3 is 0 Å². The van der Waals surface area contributed by atoms with Crippen molar-refractivity contribution in [2.45, 2.75) is 25.7 Å². The van der Waals surface area contributed by atoms with Gasteiger partial charge in [0.2, 0.25) is 23.6 Å². The summed E-state index contributed by atoms with van der Waals surface area (Å²) in [5, 5.41) is 13.3. The van der Waals surface area contributed by atoms with Gasteiger partial charge in [0, 0.05) is 28.0 Å². The lowest BCUT2D eigenvalue weighted by Gasteiger charge is -2.49. The number of carbonyl (C=O) groups excluding carboxylic acids is 5. The lowest BCUT2D eigenvalue weighted by atomic mass is 9.51. The van der Waals surface area contributed by atoms with Gasteiger partial charge in [-0.25, -0.2) is 4.90 Å². The lowest BCUT2D eigenvalue weighted by Crippen LogP contribution is -2.48. The van der Waals surface area contributed by atoms with Gasteiger partial charge in [-0.1, -0.05) is 96.6 Å². The van der Waals surface area contributed by atoms with Crippen LogP contribution in [0.15, 0.2) is 133 Å². The average molecular weight is 687 g/mol. The first-order valence-electron chi connectivity index (χ1n) is 17.6. The van der Waals surface area contributed by atoms with E-state index in [0.29, 0.717) is 33.5 Å². The fourth-order valence-corrected chi connectivity index (χ4v) is 9.46. The highest BCUT2D eigenvalue weighted by atomic mass is 16.3. The summed E-state index contributed by atoms with van der Waals surface area (Å²) in [6.45, 7) is 1.81. The molecule has 2 saturated heterocycles. The molecular formula is C44H34N2O6. The summed E-state index contributed by atoms with van der Waals surface area (Å²) in [5.74, 6) is -5.01. The maximum absolute atomic E-state index is 14.7. The number of phenols is 1. The van der Waals surface area contributed by atoms with Crippen LogP contribution in [0.1, 0.15) is 47.2 Å². The van der Waals surface area contributed by atoms with E-state index in [1.54, 1.807) is 72.8 Å². The van der Waals surface area contributed by atoms with Crippen LogP contribution >= 0.6 is 0 Å². The van der Waals surface area contributed by atoms with Crippen molar-refractivity contribution in [3.8, 4) is 5.75 Å². The van der Waals surface area contributed by atoms with E-state index >= 15 is 0 Å². The van der Waals surface area contributed by atoms with Gasteiger partial charge in [-0.2, -0.15) is 0 Å². The topological polar surface area (TPSA) is 112 Å². The lowest BCUT2D eigenvalue weighted by molar-refractivity contribution is -0.131. The van der Waals surface area contributed by atoms with E-state index in [1.807, 2.05) is 61.5 Å².